The van der Waals surface area contributed by atoms with Crippen LogP contribution in [0.25, 0.3) is 0 Å². The molecule has 0 aliphatic heterocycles. The average Bonchev–Trinajstić information content (AvgIpc) is 1.58. The van der Waals surface area contributed by atoms with Crippen LogP contribution in [0, 0.1) is 0 Å². The number of hydrogen-bond donors (Lipinski definition) is 5. The SMILES string of the molecule is O=C(NC(S)S)OC(S)S.[PbH2]. The van der Waals surface area contributed by atoms with E-state index < -0.39 is 15.6 Å². The van der Waals surface area contributed by atoms with Crippen molar-refractivity contribution in [3.05, 3.63) is 0 Å². The van der Waals surface area contributed by atoms with Gasteiger partial charge in [-0.25, -0.2) is 4.79 Å². The van der Waals surface area contributed by atoms with E-state index >= 15 is 0 Å². The number of alkyl carbamates (subject to hydrolysis) is 1. The van der Waals surface area contributed by atoms with Crippen molar-refractivity contribution in [1.29, 1.82) is 0 Å². The van der Waals surface area contributed by atoms with Gasteiger partial charge in [0.15, 0.2) is 4.77 Å². The van der Waals surface area contributed by atoms with Gasteiger partial charge in [-0.1, -0.05) is 0 Å². The Morgan fingerprint density at radius 2 is 1.73 bits per heavy atom. The van der Waals surface area contributed by atoms with Crippen LogP contribution < -0.4 is 5.32 Å². The number of hydrogen-bond acceptors (Lipinski definition) is 6. The molecule has 3 nitrogen and oxygen atoms in total. The average molecular weight is 427 g/mol. The number of ether oxygens (including phenoxy) is 1. The van der Waals surface area contributed by atoms with Crippen molar-refractivity contribution in [2.75, 3.05) is 0 Å². The molecule has 0 aliphatic carbocycles. The molecule has 0 atom stereocenters. The zero-order chi connectivity index (χ0) is 8.15. The molecular weight excluding hydrogens is 418 g/mol. The third kappa shape index (κ3) is 11.6. The van der Waals surface area contributed by atoms with Gasteiger partial charge in [-0.15, -0.1) is 50.5 Å². The molecule has 0 unspecified atom stereocenters. The van der Waals surface area contributed by atoms with Gasteiger partial charge in [-0.05, 0) is 0 Å². The fraction of sp³-hybridized carbons (Fsp3) is 0.667. The van der Waals surface area contributed by atoms with E-state index in [0.717, 1.165) is 0 Å². The predicted octanol–water partition coefficient (Wildman–Crippen LogP) is 0.0828. The Morgan fingerprint density at radius 1 is 1.27 bits per heavy atom. The molecule has 1 N–H and O–H groups in total. The standard InChI is InChI=1S/C3H7NO2S4.Pb.2H/c5-1(4-2(7)8)6-3(9)10;;;/h2-3,7-10H,(H,4,5);;;. The Labute approximate surface area is 107 Å². The molecule has 0 aromatic heterocycles. The van der Waals surface area contributed by atoms with Gasteiger partial charge in [-0.3, -0.25) is 0 Å². The Balaban J connectivity index is 0. The Bertz CT molecular complexity index is 110. The number of amides is 1. The summed E-state index contributed by atoms with van der Waals surface area (Å²) in [7, 11) is 0. The summed E-state index contributed by atoms with van der Waals surface area (Å²) in [6.07, 6.45) is -0.648. The van der Waals surface area contributed by atoms with Crippen LogP contribution in [0.15, 0.2) is 0 Å². The van der Waals surface area contributed by atoms with Gasteiger partial charge in [0.25, 0.3) is 0 Å². The second kappa shape index (κ2) is 8.20. The van der Waals surface area contributed by atoms with Gasteiger partial charge < -0.3 is 10.1 Å². The van der Waals surface area contributed by atoms with Crippen LogP contribution in [0.1, 0.15) is 0 Å². The molecular formula is C3H9NO2PbS4. The molecule has 66 valence electrons. The zero-order valence-corrected chi connectivity index (χ0v) is 14.5. The van der Waals surface area contributed by atoms with Crippen LogP contribution in [0.4, 0.5) is 4.79 Å². The zero-order valence-electron chi connectivity index (χ0n) is 5.47. The summed E-state index contributed by atoms with van der Waals surface area (Å²) < 4.78 is 3.19. The summed E-state index contributed by atoms with van der Waals surface area (Å²) in [4.78, 5) is 10.5. The summed E-state index contributed by atoms with van der Waals surface area (Å²) >= 11 is 14.9. The van der Waals surface area contributed by atoms with E-state index in [-0.39, 0.29) is 27.3 Å². The molecule has 0 rings (SSSR count). The normalized spacial score (nSPS) is 9.27. The molecule has 1 amide bonds. The fourth-order valence-electron chi connectivity index (χ4n) is 0.235. The molecule has 0 aromatic carbocycles. The van der Waals surface area contributed by atoms with Crippen LogP contribution in [0.5, 0.6) is 0 Å². The topological polar surface area (TPSA) is 38.3 Å². The number of nitrogens with one attached hydrogen (secondary N) is 1. The first-order valence-corrected chi connectivity index (χ1v) is 4.28. The molecule has 8 heteroatoms. The van der Waals surface area contributed by atoms with Crippen molar-refractivity contribution in [3.63, 3.8) is 0 Å². The van der Waals surface area contributed by atoms with Crippen LogP contribution >= 0.6 is 50.5 Å². The molecule has 0 heterocycles. The number of thiol groups is 4. The molecule has 0 aliphatic rings. The first kappa shape index (κ1) is 15.1. The maximum atomic E-state index is 10.5. The van der Waals surface area contributed by atoms with Gasteiger partial charge in [0.2, 0.25) is 0 Å². The second-order valence-corrected chi connectivity index (χ2v) is 4.04. The molecule has 0 saturated heterocycles. The van der Waals surface area contributed by atoms with E-state index in [1.54, 1.807) is 0 Å². The summed E-state index contributed by atoms with van der Waals surface area (Å²) in [6.45, 7) is 0. The van der Waals surface area contributed by atoms with Gasteiger partial charge in [0.05, 0.1) is 0 Å². The van der Waals surface area contributed by atoms with Crippen molar-refractivity contribution in [1.82, 2.24) is 5.32 Å². The fourth-order valence-corrected chi connectivity index (χ4v) is 0.637. The van der Waals surface area contributed by atoms with Crippen LogP contribution in [-0.2, 0) is 4.74 Å². The van der Waals surface area contributed by atoms with Crippen molar-refractivity contribution >= 4 is 83.9 Å². The van der Waals surface area contributed by atoms with Crippen LogP contribution in [0.2, 0.25) is 0 Å². The molecule has 0 fully saturated rings. The van der Waals surface area contributed by atoms with Crippen molar-refractivity contribution < 1.29 is 9.53 Å². The molecule has 0 spiro atoms. The van der Waals surface area contributed by atoms with Crippen molar-refractivity contribution in [3.8, 4) is 0 Å². The Hall–Kier alpha value is 1.59. The minimum atomic E-state index is -0.722. The van der Waals surface area contributed by atoms with E-state index in [9.17, 15) is 4.79 Å². The third-order valence-electron chi connectivity index (χ3n) is 0.459. The van der Waals surface area contributed by atoms with E-state index in [4.69, 9.17) is 0 Å². The third-order valence-corrected chi connectivity index (χ3v) is 0.928. The molecule has 0 aromatic rings. The summed E-state index contributed by atoms with van der Waals surface area (Å²) in [6, 6.07) is 0. The number of rotatable bonds is 2. The second-order valence-electron chi connectivity index (χ2n) is 1.25. The van der Waals surface area contributed by atoms with Gasteiger partial charge in [0.1, 0.15) is 4.71 Å². The van der Waals surface area contributed by atoms with E-state index in [0.29, 0.717) is 0 Å². The van der Waals surface area contributed by atoms with E-state index in [2.05, 4.69) is 60.6 Å². The van der Waals surface area contributed by atoms with Crippen molar-refractivity contribution in [2.24, 2.45) is 0 Å². The van der Waals surface area contributed by atoms with Gasteiger partial charge in [0, 0.05) is 0 Å². The van der Waals surface area contributed by atoms with Crippen LogP contribution in [-0.4, -0.2) is 42.9 Å². The molecule has 2 radical (unpaired) electrons. The molecule has 11 heavy (non-hydrogen) atoms. The Morgan fingerprint density at radius 3 is 2.00 bits per heavy atom. The number of carbonyl (C=O) groups is 1. The summed E-state index contributed by atoms with van der Waals surface area (Å²) in [5.41, 5.74) is 0. The monoisotopic (exact) mass is 427 g/mol. The predicted molar refractivity (Wildman–Crippen MR) is 61.7 cm³/mol. The Kier molecular flexibility index (Phi) is 11.2. The maximum absolute atomic E-state index is 10.5. The quantitative estimate of drug-likeness (QED) is 0.247. The van der Waals surface area contributed by atoms with Gasteiger partial charge in [-0.2, -0.15) is 0 Å². The molecule has 0 saturated carbocycles. The molecule has 0 bridgehead atoms. The van der Waals surface area contributed by atoms with Gasteiger partial charge >= 0.3 is 33.4 Å². The summed E-state index contributed by atoms with van der Waals surface area (Å²) in [5, 5.41) is 2.24. The first-order valence-electron chi connectivity index (χ1n) is 2.22. The van der Waals surface area contributed by atoms with Crippen LogP contribution in [0.3, 0.4) is 0 Å². The first-order chi connectivity index (χ1) is 4.52. The van der Waals surface area contributed by atoms with Crippen molar-refractivity contribution in [2.45, 2.75) is 9.47 Å². The number of carbonyl (C=O) groups excluding carboxylic acids is 1. The van der Waals surface area contributed by atoms with E-state index in [1.165, 1.54) is 0 Å². The summed E-state index contributed by atoms with van der Waals surface area (Å²) in [5.74, 6) is 0. The minimum absolute atomic E-state index is 0. The van der Waals surface area contributed by atoms with E-state index in [1.807, 2.05) is 0 Å².